The van der Waals surface area contributed by atoms with E-state index in [0.29, 0.717) is 18.6 Å². The standard InChI is InChI=1S/C23H25N5O2.ClH/c1-15(24-2)22(29)27-19-10-9-16-6-3-4-8-20(16)28(23(19)30)14-17-11-13-26-21-18(17)7-5-12-25-21;/h3-8,11-13,15,19,24H,9-10,14H2,1-2H3,(H,27,29);1H/t15-,19-;/m0./s1. The van der Waals surface area contributed by atoms with E-state index < -0.39 is 6.04 Å². The average Bonchev–Trinajstić information content (AvgIpc) is 2.91. The zero-order chi connectivity index (χ0) is 21.1. The Morgan fingerprint density at radius 3 is 2.74 bits per heavy atom. The van der Waals surface area contributed by atoms with Crippen LogP contribution in [0.2, 0.25) is 0 Å². The zero-order valence-corrected chi connectivity index (χ0v) is 18.4. The summed E-state index contributed by atoms with van der Waals surface area (Å²) in [5.41, 5.74) is 3.60. The number of amides is 2. The second-order valence-corrected chi connectivity index (χ2v) is 7.51. The minimum absolute atomic E-state index is 0. The number of benzene rings is 1. The monoisotopic (exact) mass is 439 g/mol. The average molecular weight is 440 g/mol. The third kappa shape index (κ3) is 4.68. The third-order valence-electron chi connectivity index (χ3n) is 5.63. The molecule has 1 aromatic carbocycles. The van der Waals surface area contributed by atoms with Gasteiger partial charge in [-0.1, -0.05) is 18.2 Å². The molecule has 1 aliphatic heterocycles. The Bertz CT molecular complexity index is 1090. The first-order chi connectivity index (χ1) is 14.6. The molecular weight excluding hydrogens is 414 g/mol. The molecule has 0 radical (unpaired) electrons. The number of pyridine rings is 2. The van der Waals surface area contributed by atoms with Crippen LogP contribution < -0.4 is 15.5 Å². The van der Waals surface area contributed by atoms with Gasteiger partial charge in [0.2, 0.25) is 11.8 Å². The fourth-order valence-electron chi connectivity index (χ4n) is 3.79. The Morgan fingerprint density at radius 2 is 1.94 bits per heavy atom. The number of carbonyl (C=O) groups is 2. The number of halogens is 1. The van der Waals surface area contributed by atoms with Gasteiger partial charge in [-0.3, -0.25) is 9.59 Å². The number of hydrogen-bond acceptors (Lipinski definition) is 5. The van der Waals surface area contributed by atoms with Crippen molar-refractivity contribution in [2.45, 2.75) is 38.4 Å². The molecule has 3 aromatic rings. The largest absolute Gasteiger partial charge is 0.343 e. The molecule has 4 rings (SSSR count). The molecule has 3 heterocycles. The lowest BCUT2D eigenvalue weighted by molar-refractivity contribution is -0.128. The maximum Gasteiger partial charge on any atom is 0.249 e. The molecule has 0 saturated heterocycles. The molecule has 8 heteroatoms. The number of nitrogens with zero attached hydrogens (tertiary/aromatic N) is 3. The van der Waals surface area contributed by atoms with Gasteiger partial charge in [0.1, 0.15) is 6.04 Å². The van der Waals surface area contributed by atoms with Gasteiger partial charge < -0.3 is 15.5 Å². The van der Waals surface area contributed by atoms with E-state index >= 15 is 0 Å². The van der Waals surface area contributed by atoms with Crippen molar-refractivity contribution in [2.75, 3.05) is 11.9 Å². The van der Waals surface area contributed by atoms with Gasteiger partial charge in [0.05, 0.1) is 12.6 Å². The molecule has 31 heavy (non-hydrogen) atoms. The molecule has 2 aromatic heterocycles. The number of likely N-dealkylation sites (N-methyl/N-ethyl adjacent to an activating group) is 1. The fourth-order valence-corrected chi connectivity index (χ4v) is 3.79. The molecular formula is C23H26ClN5O2. The Morgan fingerprint density at radius 1 is 1.16 bits per heavy atom. The van der Waals surface area contributed by atoms with Crippen molar-refractivity contribution in [3.63, 3.8) is 0 Å². The van der Waals surface area contributed by atoms with Crippen LogP contribution in [0.5, 0.6) is 0 Å². The van der Waals surface area contributed by atoms with Crippen LogP contribution in [0.25, 0.3) is 11.0 Å². The Labute approximate surface area is 187 Å². The van der Waals surface area contributed by atoms with Gasteiger partial charge in [-0.2, -0.15) is 0 Å². The van der Waals surface area contributed by atoms with E-state index in [0.717, 1.165) is 28.6 Å². The van der Waals surface area contributed by atoms with E-state index in [1.807, 2.05) is 42.5 Å². The number of aromatic nitrogens is 2. The Balaban J connectivity index is 0.00000272. The molecule has 0 fully saturated rings. The van der Waals surface area contributed by atoms with Crippen LogP contribution in [0.15, 0.2) is 54.9 Å². The quantitative estimate of drug-likeness (QED) is 0.638. The van der Waals surface area contributed by atoms with E-state index in [4.69, 9.17) is 0 Å². The number of nitrogens with one attached hydrogen (secondary N) is 2. The number of fused-ring (bicyclic) bond motifs is 2. The van der Waals surface area contributed by atoms with E-state index in [2.05, 4.69) is 20.6 Å². The van der Waals surface area contributed by atoms with Crippen molar-refractivity contribution in [2.24, 2.45) is 0 Å². The van der Waals surface area contributed by atoms with E-state index in [1.165, 1.54) is 0 Å². The van der Waals surface area contributed by atoms with Crippen molar-refractivity contribution in [3.8, 4) is 0 Å². The Kier molecular flexibility index (Phi) is 7.20. The van der Waals surface area contributed by atoms with Gasteiger partial charge in [0.25, 0.3) is 0 Å². The van der Waals surface area contributed by atoms with Gasteiger partial charge >= 0.3 is 0 Å². The first-order valence-corrected chi connectivity index (χ1v) is 10.1. The molecule has 2 atom stereocenters. The highest BCUT2D eigenvalue weighted by Gasteiger charge is 2.32. The van der Waals surface area contributed by atoms with E-state index in [-0.39, 0.29) is 30.3 Å². The smallest absolute Gasteiger partial charge is 0.249 e. The van der Waals surface area contributed by atoms with Gasteiger partial charge in [0, 0.05) is 23.5 Å². The lowest BCUT2D eigenvalue weighted by Gasteiger charge is -2.27. The summed E-state index contributed by atoms with van der Waals surface area (Å²) in [5.74, 6) is -0.286. The van der Waals surface area contributed by atoms with Crippen molar-refractivity contribution in [1.29, 1.82) is 0 Å². The van der Waals surface area contributed by atoms with Gasteiger partial charge in [-0.15, -0.1) is 12.4 Å². The topological polar surface area (TPSA) is 87.2 Å². The second-order valence-electron chi connectivity index (χ2n) is 7.51. The van der Waals surface area contributed by atoms with E-state index in [1.54, 1.807) is 31.3 Å². The number of hydrogen-bond donors (Lipinski definition) is 2. The highest BCUT2D eigenvalue weighted by molar-refractivity contribution is 6.01. The summed E-state index contributed by atoms with van der Waals surface area (Å²) < 4.78 is 0. The van der Waals surface area contributed by atoms with Crippen molar-refractivity contribution in [3.05, 3.63) is 66.0 Å². The van der Waals surface area contributed by atoms with Gasteiger partial charge in [0.15, 0.2) is 5.65 Å². The summed E-state index contributed by atoms with van der Waals surface area (Å²) in [4.78, 5) is 36.4. The minimum Gasteiger partial charge on any atom is -0.343 e. The minimum atomic E-state index is -0.577. The van der Waals surface area contributed by atoms with Crippen LogP contribution in [-0.2, 0) is 22.6 Å². The maximum absolute atomic E-state index is 13.6. The summed E-state index contributed by atoms with van der Waals surface area (Å²) in [5, 5.41) is 6.77. The molecule has 0 spiro atoms. The van der Waals surface area contributed by atoms with Gasteiger partial charge in [-0.05, 0) is 62.2 Å². The number of rotatable bonds is 5. The molecule has 7 nitrogen and oxygen atoms in total. The molecule has 2 N–H and O–H groups in total. The van der Waals surface area contributed by atoms with Crippen molar-refractivity contribution in [1.82, 2.24) is 20.6 Å². The molecule has 0 saturated carbocycles. The number of aryl methyl sites for hydroxylation is 1. The van der Waals surface area contributed by atoms with Crippen LogP contribution >= 0.6 is 12.4 Å². The van der Waals surface area contributed by atoms with Crippen LogP contribution in [0.3, 0.4) is 0 Å². The number of para-hydroxylation sites is 1. The summed E-state index contributed by atoms with van der Waals surface area (Å²) >= 11 is 0. The van der Waals surface area contributed by atoms with Crippen LogP contribution in [0.4, 0.5) is 5.69 Å². The van der Waals surface area contributed by atoms with Crippen molar-refractivity contribution < 1.29 is 9.59 Å². The zero-order valence-electron chi connectivity index (χ0n) is 17.5. The molecule has 162 valence electrons. The normalized spacial score (nSPS) is 16.8. The molecule has 0 aliphatic carbocycles. The maximum atomic E-state index is 13.6. The summed E-state index contributed by atoms with van der Waals surface area (Å²) in [7, 11) is 1.73. The summed E-state index contributed by atoms with van der Waals surface area (Å²) in [6.45, 7) is 2.16. The van der Waals surface area contributed by atoms with E-state index in [9.17, 15) is 9.59 Å². The van der Waals surface area contributed by atoms with Crippen molar-refractivity contribution >= 4 is 40.9 Å². The lowest BCUT2D eigenvalue weighted by atomic mass is 10.1. The number of carbonyl (C=O) groups excluding carboxylic acids is 2. The van der Waals surface area contributed by atoms with Gasteiger partial charge in [-0.25, -0.2) is 9.97 Å². The summed E-state index contributed by atoms with van der Waals surface area (Å²) in [6.07, 6.45) is 4.70. The second kappa shape index (κ2) is 9.85. The third-order valence-corrected chi connectivity index (χ3v) is 5.63. The predicted octanol–water partition coefficient (Wildman–Crippen LogP) is 2.62. The molecule has 0 bridgehead atoms. The highest BCUT2D eigenvalue weighted by Crippen LogP contribution is 2.29. The SMILES string of the molecule is CN[C@@H](C)C(=O)N[C@H]1CCc2ccccc2N(Cc2ccnc3ncccc23)C1=O.Cl. The number of anilines is 1. The van der Waals surface area contributed by atoms with Crippen LogP contribution in [0, 0.1) is 0 Å². The fraction of sp³-hybridized carbons (Fsp3) is 0.304. The van der Waals surface area contributed by atoms with Crippen LogP contribution in [0.1, 0.15) is 24.5 Å². The van der Waals surface area contributed by atoms with Crippen LogP contribution in [-0.4, -0.2) is 40.9 Å². The Hall–Kier alpha value is -3.03. The first-order valence-electron chi connectivity index (χ1n) is 10.1. The summed E-state index contributed by atoms with van der Waals surface area (Å²) in [6, 6.07) is 12.7. The predicted molar refractivity (Wildman–Crippen MR) is 123 cm³/mol. The highest BCUT2D eigenvalue weighted by atomic mass is 35.5. The molecule has 0 unspecified atom stereocenters. The molecule has 2 amide bonds. The molecule has 1 aliphatic rings. The first kappa shape index (κ1) is 22.7. The lowest BCUT2D eigenvalue weighted by Crippen LogP contribution is -2.52.